The van der Waals surface area contributed by atoms with Gasteiger partial charge in [-0.1, -0.05) is 12.1 Å². The molecule has 20 heavy (non-hydrogen) atoms. The Hall–Kier alpha value is -1.58. The van der Waals surface area contributed by atoms with Crippen molar-refractivity contribution in [1.82, 2.24) is 10.2 Å². The Morgan fingerprint density at radius 2 is 2.00 bits per heavy atom. The zero-order valence-electron chi connectivity index (χ0n) is 11.0. The summed E-state index contributed by atoms with van der Waals surface area (Å²) in [4.78, 5) is 1.43. The van der Waals surface area contributed by atoms with E-state index in [2.05, 4.69) is 5.32 Å². The van der Waals surface area contributed by atoms with Crippen molar-refractivity contribution in [2.24, 2.45) is 0 Å². The molecule has 1 saturated heterocycles. The maximum Gasteiger partial charge on any atom is 0.401 e. The second-order valence-corrected chi connectivity index (χ2v) is 5.03. The molecule has 0 aromatic heterocycles. The first kappa shape index (κ1) is 14.8. The van der Waals surface area contributed by atoms with Gasteiger partial charge in [-0.05, 0) is 24.1 Å². The molecule has 1 aliphatic heterocycles. The largest absolute Gasteiger partial charge is 0.401 e. The van der Waals surface area contributed by atoms with E-state index in [-0.39, 0.29) is 6.04 Å². The Morgan fingerprint density at radius 1 is 1.30 bits per heavy atom. The van der Waals surface area contributed by atoms with Crippen LogP contribution >= 0.6 is 0 Å². The fourth-order valence-electron chi connectivity index (χ4n) is 2.36. The third-order valence-electron chi connectivity index (χ3n) is 3.35. The van der Waals surface area contributed by atoms with Gasteiger partial charge in [0.15, 0.2) is 0 Å². The molecule has 0 radical (unpaired) electrons. The highest BCUT2D eigenvalue weighted by Gasteiger charge is 2.34. The molecule has 1 atom stereocenters. The molecule has 0 unspecified atom stereocenters. The second kappa shape index (κ2) is 6.25. The molecule has 2 rings (SSSR count). The highest BCUT2D eigenvalue weighted by atomic mass is 19.4. The minimum atomic E-state index is -4.12. The molecule has 6 heteroatoms. The van der Waals surface area contributed by atoms with E-state index in [4.69, 9.17) is 5.26 Å². The molecule has 1 aromatic rings. The van der Waals surface area contributed by atoms with E-state index in [0.717, 1.165) is 12.0 Å². The summed E-state index contributed by atoms with van der Waals surface area (Å²) in [6.45, 7) is 0.679. The lowest BCUT2D eigenvalue weighted by Crippen LogP contribution is -2.36. The lowest BCUT2D eigenvalue weighted by atomic mass is 10.1. The van der Waals surface area contributed by atoms with Crippen LogP contribution in [0.2, 0.25) is 0 Å². The summed E-state index contributed by atoms with van der Waals surface area (Å²) in [5.74, 6) is 0. The van der Waals surface area contributed by atoms with Crippen molar-refractivity contribution in [3.63, 3.8) is 0 Å². The average Bonchev–Trinajstić information content (AvgIpc) is 2.82. The van der Waals surface area contributed by atoms with Crippen LogP contribution in [0.15, 0.2) is 24.3 Å². The zero-order valence-corrected chi connectivity index (χ0v) is 11.0. The maximum atomic E-state index is 12.3. The van der Waals surface area contributed by atoms with Crippen molar-refractivity contribution in [2.45, 2.75) is 25.2 Å². The highest BCUT2D eigenvalue weighted by molar-refractivity contribution is 5.31. The summed E-state index contributed by atoms with van der Waals surface area (Å²) in [5, 5.41) is 11.9. The molecule has 1 aliphatic rings. The molecule has 0 bridgehead atoms. The fraction of sp³-hybridized carbons (Fsp3) is 0.500. The minimum absolute atomic E-state index is 0.0907. The van der Waals surface area contributed by atoms with Crippen LogP contribution in [-0.4, -0.2) is 36.8 Å². The summed E-state index contributed by atoms with van der Waals surface area (Å²) >= 11 is 0. The molecular weight excluding hydrogens is 267 g/mol. The van der Waals surface area contributed by atoms with Crippen LogP contribution in [0.5, 0.6) is 0 Å². The normalized spacial score (nSPS) is 20.0. The molecule has 0 saturated carbocycles. The van der Waals surface area contributed by atoms with Gasteiger partial charge in [0, 0.05) is 25.7 Å². The van der Waals surface area contributed by atoms with E-state index in [1.54, 1.807) is 12.1 Å². The van der Waals surface area contributed by atoms with Crippen LogP contribution in [0.4, 0.5) is 13.2 Å². The fourth-order valence-corrected chi connectivity index (χ4v) is 2.36. The predicted octanol–water partition coefficient (Wildman–Crippen LogP) is 2.28. The van der Waals surface area contributed by atoms with Gasteiger partial charge in [-0.3, -0.25) is 4.90 Å². The number of nitrogens with zero attached hydrogens (tertiary/aromatic N) is 2. The molecular formula is C14H16F3N3. The number of nitrogens with one attached hydrogen (secondary N) is 1. The number of hydrogen-bond donors (Lipinski definition) is 1. The SMILES string of the molecule is N#Cc1ccc(CN[C@H]2CCN(CC(F)(F)F)C2)cc1. The monoisotopic (exact) mass is 283 g/mol. The van der Waals surface area contributed by atoms with Crippen molar-refractivity contribution in [3.8, 4) is 6.07 Å². The van der Waals surface area contributed by atoms with E-state index in [1.165, 1.54) is 4.90 Å². The number of likely N-dealkylation sites (tertiary alicyclic amines) is 1. The van der Waals surface area contributed by atoms with Gasteiger partial charge in [-0.15, -0.1) is 0 Å². The van der Waals surface area contributed by atoms with Crippen LogP contribution < -0.4 is 5.32 Å². The Morgan fingerprint density at radius 3 is 2.60 bits per heavy atom. The molecule has 108 valence electrons. The lowest BCUT2D eigenvalue weighted by molar-refractivity contribution is -0.143. The van der Waals surface area contributed by atoms with Gasteiger partial charge in [0.05, 0.1) is 18.2 Å². The number of nitriles is 1. The molecule has 1 aromatic carbocycles. The Kier molecular flexibility index (Phi) is 4.63. The second-order valence-electron chi connectivity index (χ2n) is 5.03. The highest BCUT2D eigenvalue weighted by Crippen LogP contribution is 2.20. The quantitative estimate of drug-likeness (QED) is 0.921. The molecule has 1 N–H and O–H groups in total. The smallest absolute Gasteiger partial charge is 0.309 e. The summed E-state index contributed by atoms with van der Waals surface area (Å²) in [6.07, 6.45) is -3.39. The van der Waals surface area contributed by atoms with Gasteiger partial charge < -0.3 is 5.32 Å². The van der Waals surface area contributed by atoms with Gasteiger partial charge in [0.25, 0.3) is 0 Å². The Balaban J connectivity index is 1.76. The summed E-state index contributed by atoms with van der Waals surface area (Å²) in [7, 11) is 0. The van der Waals surface area contributed by atoms with Crippen LogP contribution in [0.3, 0.4) is 0 Å². The number of halogens is 3. The summed E-state index contributed by atoms with van der Waals surface area (Å²) in [6, 6.07) is 9.32. The molecule has 0 amide bonds. The van der Waals surface area contributed by atoms with E-state index in [1.807, 2.05) is 18.2 Å². The van der Waals surface area contributed by atoms with Crippen LogP contribution in [-0.2, 0) is 6.54 Å². The maximum absolute atomic E-state index is 12.3. The van der Waals surface area contributed by atoms with Crippen molar-refractivity contribution < 1.29 is 13.2 Å². The van der Waals surface area contributed by atoms with Gasteiger partial charge >= 0.3 is 6.18 Å². The Labute approximate surface area is 116 Å². The third kappa shape index (κ3) is 4.51. The third-order valence-corrected chi connectivity index (χ3v) is 3.35. The van der Waals surface area contributed by atoms with Gasteiger partial charge in [0.1, 0.15) is 0 Å². The topological polar surface area (TPSA) is 39.1 Å². The first-order valence-electron chi connectivity index (χ1n) is 6.48. The van der Waals surface area contributed by atoms with Crippen molar-refractivity contribution in [1.29, 1.82) is 5.26 Å². The number of rotatable bonds is 4. The van der Waals surface area contributed by atoms with Crippen LogP contribution in [0.1, 0.15) is 17.5 Å². The number of benzene rings is 1. The van der Waals surface area contributed by atoms with Gasteiger partial charge in [-0.25, -0.2) is 0 Å². The minimum Gasteiger partial charge on any atom is -0.309 e. The van der Waals surface area contributed by atoms with Crippen molar-refractivity contribution in [2.75, 3.05) is 19.6 Å². The predicted molar refractivity (Wildman–Crippen MR) is 68.9 cm³/mol. The van der Waals surface area contributed by atoms with E-state index >= 15 is 0 Å². The molecule has 0 aliphatic carbocycles. The van der Waals surface area contributed by atoms with E-state index in [9.17, 15) is 13.2 Å². The zero-order chi connectivity index (χ0) is 14.6. The average molecular weight is 283 g/mol. The summed E-state index contributed by atoms with van der Waals surface area (Å²) in [5.41, 5.74) is 1.63. The van der Waals surface area contributed by atoms with Crippen LogP contribution in [0, 0.1) is 11.3 Å². The molecule has 0 spiro atoms. The standard InChI is InChI=1S/C14H16F3N3/c15-14(16,17)10-20-6-5-13(9-20)19-8-12-3-1-11(7-18)2-4-12/h1-4,13,19H,5-6,8-10H2/t13-/m0/s1. The van der Waals surface area contributed by atoms with E-state index in [0.29, 0.717) is 25.2 Å². The first-order chi connectivity index (χ1) is 9.46. The first-order valence-corrected chi connectivity index (χ1v) is 6.48. The number of hydrogen-bond acceptors (Lipinski definition) is 3. The van der Waals surface area contributed by atoms with Gasteiger partial charge in [0.2, 0.25) is 0 Å². The van der Waals surface area contributed by atoms with E-state index < -0.39 is 12.7 Å². The van der Waals surface area contributed by atoms with Gasteiger partial charge in [-0.2, -0.15) is 18.4 Å². The summed E-state index contributed by atoms with van der Waals surface area (Å²) < 4.78 is 36.8. The van der Waals surface area contributed by atoms with Crippen molar-refractivity contribution in [3.05, 3.63) is 35.4 Å². The lowest BCUT2D eigenvalue weighted by Gasteiger charge is -2.18. The molecule has 1 heterocycles. The molecule has 1 fully saturated rings. The number of alkyl halides is 3. The molecule has 3 nitrogen and oxygen atoms in total. The van der Waals surface area contributed by atoms with Crippen LogP contribution in [0.25, 0.3) is 0 Å². The van der Waals surface area contributed by atoms with Crippen molar-refractivity contribution >= 4 is 0 Å². The Bertz CT molecular complexity index is 476.